The van der Waals surface area contributed by atoms with E-state index in [1.807, 2.05) is 6.92 Å². The van der Waals surface area contributed by atoms with E-state index >= 15 is 0 Å². The predicted molar refractivity (Wildman–Crippen MR) is 132 cm³/mol. The molecule has 2 atom stereocenters. The Morgan fingerprint density at radius 1 is 1.09 bits per heavy atom. The molecule has 1 saturated carbocycles. The topological polar surface area (TPSA) is 61.4 Å². The number of nitrogens with one attached hydrogen (secondary N) is 2. The van der Waals surface area contributed by atoms with Crippen molar-refractivity contribution in [2.75, 3.05) is 6.54 Å². The molecule has 0 radical (unpaired) electrons. The number of amides is 1. The van der Waals surface area contributed by atoms with E-state index in [1.54, 1.807) is 0 Å². The molecule has 1 amide bonds. The Morgan fingerprint density at radius 3 is 2.38 bits per heavy atom. The fraction of sp³-hybridized carbons (Fsp3) is 0.464. The van der Waals surface area contributed by atoms with Gasteiger partial charge in [-0.15, -0.1) is 0 Å². The molecular weight excluding hydrogens is 434 g/mol. The molecule has 1 aliphatic rings. The van der Waals surface area contributed by atoms with Gasteiger partial charge in [-0.2, -0.15) is 0 Å². The Kier molecular flexibility index (Phi) is 8.97. The number of halogens is 2. The molecule has 184 valence electrons. The smallest absolute Gasteiger partial charge is 0.217 e. The summed E-state index contributed by atoms with van der Waals surface area (Å²) >= 11 is 0. The van der Waals surface area contributed by atoms with Crippen LogP contribution in [-0.4, -0.2) is 29.7 Å². The van der Waals surface area contributed by atoms with Gasteiger partial charge in [-0.25, -0.2) is 8.78 Å². The van der Waals surface area contributed by atoms with E-state index in [4.69, 9.17) is 0 Å². The van der Waals surface area contributed by atoms with Crippen molar-refractivity contribution in [3.8, 4) is 0 Å². The highest BCUT2D eigenvalue weighted by molar-refractivity contribution is 5.73. The number of hydrogen-bond donors (Lipinski definition) is 3. The minimum atomic E-state index is -0.936. The lowest BCUT2D eigenvalue weighted by Gasteiger charge is -2.40. The first kappa shape index (κ1) is 26.0. The van der Waals surface area contributed by atoms with Crippen LogP contribution in [0.3, 0.4) is 0 Å². The molecule has 0 saturated heterocycles. The minimum absolute atomic E-state index is 0.125. The van der Waals surface area contributed by atoms with Crippen molar-refractivity contribution in [2.45, 2.75) is 77.0 Å². The molecule has 1 aliphatic carbocycles. The van der Waals surface area contributed by atoms with Gasteiger partial charge >= 0.3 is 0 Å². The molecule has 0 aromatic heterocycles. The van der Waals surface area contributed by atoms with Crippen LogP contribution in [0.4, 0.5) is 8.78 Å². The summed E-state index contributed by atoms with van der Waals surface area (Å²) in [6.07, 6.45) is 6.56. The summed E-state index contributed by atoms with van der Waals surface area (Å²) in [6, 6.07) is 11.1. The van der Waals surface area contributed by atoms with Crippen LogP contribution < -0.4 is 10.6 Å². The highest BCUT2D eigenvalue weighted by Gasteiger charge is 2.35. The quantitative estimate of drug-likeness (QED) is 0.469. The number of carbonyl (C=O) groups is 1. The van der Waals surface area contributed by atoms with Gasteiger partial charge in [0.05, 0.1) is 12.1 Å². The minimum Gasteiger partial charge on any atom is -0.390 e. The van der Waals surface area contributed by atoms with Crippen molar-refractivity contribution in [2.24, 2.45) is 0 Å². The van der Waals surface area contributed by atoms with Crippen LogP contribution in [0.1, 0.15) is 69.6 Å². The third-order valence-corrected chi connectivity index (χ3v) is 6.89. The Morgan fingerprint density at radius 2 is 1.76 bits per heavy atom. The summed E-state index contributed by atoms with van der Waals surface area (Å²) in [7, 11) is 0. The molecule has 3 rings (SSSR count). The molecule has 2 aromatic rings. The SMILES string of the molecule is C/C=C(\C)c1cccc(C2(NCC(O)C(Cc3cc(F)cc(F)c3)NC(C)=O)CCCCC2)c1. The van der Waals surface area contributed by atoms with E-state index in [0.29, 0.717) is 5.56 Å². The summed E-state index contributed by atoms with van der Waals surface area (Å²) < 4.78 is 27.4. The van der Waals surface area contributed by atoms with Crippen molar-refractivity contribution in [1.29, 1.82) is 0 Å². The largest absolute Gasteiger partial charge is 0.390 e. The van der Waals surface area contributed by atoms with Crippen molar-refractivity contribution in [1.82, 2.24) is 10.6 Å². The van der Waals surface area contributed by atoms with Gasteiger partial charge in [0.1, 0.15) is 11.6 Å². The van der Waals surface area contributed by atoms with Gasteiger partial charge in [0.25, 0.3) is 0 Å². The first-order valence-electron chi connectivity index (χ1n) is 12.1. The van der Waals surface area contributed by atoms with Crippen LogP contribution in [-0.2, 0) is 16.8 Å². The van der Waals surface area contributed by atoms with E-state index in [0.717, 1.165) is 31.7 Å². The van der Waals surface area contributed by atoms with E-state index in [9.17, 15) is 18.7 Å². The molecule has 0 heterocycles. The maximum Gasteiger partial charge on any atom is 0.217 e. The second-order valence-electron chi connectivity index (χ2n) is 9.43. The van der Waals surface area contributed by atoms with Gasteiger partial charge < -0.3 is 15.7 Å². The lowest BCUT2D eigenvalue weighted by atomic mass is 9.75. The standard InChI is InChI=1S/C28H36F2N2O2/c1-4-19(2)22-9-8-10-23(16-22)28(11-6-5-7-12-28)31-18-27(34)26(32-20(3)33)15-21-13-24(29)17-25(30)14-21/h4,8-10,13-14,16-17,26-27,31,34H,5-7,11-12,15,18H2,1-3H3,(H,32,33)/b19-4+. The van der Waals surface area contributed by atoms with Crippen LogP contribution in [0.5, 0.6) is 0 Å². The van der Waals surface area contributed by atoms with E-state index < -0.39 is 23.8 Å². The molecule has 0 aliphatic heterocycles. The van der Waals surface area contributed by atoms with Gasteiger partial charge in [0, 0.05) is 25.1 Å². The van der Waals surface area contributed by atoms with Crippen LogP contribution in [0.2, 0.25) is 0 Å². The lowest BCUT2D eigenvalue weighted by molar-refractivity contribution is -0.120. The van der Waals surface area contributed by atoms with Gasteiger partial charge in [0.2, 0.25) is 5.91 Å². The normalized spacial score (nSPS) is 17.8. The number of hydrogen-bond acceptors (Lipinski definition) is 3. The monoisotopic (exact) mass is 470 g/mol. The summed E-state index contributed by atoms with van der Waals surface area (Å²) in [5, 5.41) is 17.4. The number of aliphatic hydroxyl groups is 1. The second-order valence-corrected chi connectivity index (χ2v) is 9.43. The van der Waals surface area contributed by atoms with Gasteiger partial charge in [0.15, 0.2) is 0 Å². The van der Waals surface area contributed by atoms with Crippen molar-refractivity contribution >= 4 is 11.5 Å². The maximum absolute atomic E-state index is 13.7. The maximum atomic E-state index is 13.7. The fourth-order valence-electron chi connectivity index (χ4n) is 4.92. The highest BCUT2D eigenvalue weighted by atomic mass is 19.1. The third-order valence-electron chi connectivity index (χ3n) is 6.89. The van der Waals surface area contributed by atoms with Crippen molar-refractivity contribution in [3.63, 3.8) is 0 Å². The van der Waals surface area contributed by atoms with E-state index in [2.05, 4.69) is 47.9 Å². The van der Waals surface area contributed by atoms with Crippen LogP contribution >= 0.6 is 0 Å². The molecule has 4 nitrogen and oxygen atoms in total. The van der Waals surface area contributed by atoms with Crippen LogP contribution in [0.15, 0.2) is 48.5 Å². The zero-order valence-electron chi connectivity index (χ0n) is 20.3. The van der Waals surface area contributed by atoms with Gasteiger partial charge in [-0.1, -0.05) is 43.5 Å². The van der Waals surface area contributed by atoms with Crippen LogP contribution in [0, 0.1) is 11.6 Å². The average molecular weight is 471 g/mol. The molecule has 2 unspecified atom stereocenters. The molecular formula is C28H36F2N2O2. The number of aliphatic hydroxyl groups excluding tert-OH is 1. The number of rotatable bonds is 9. The predicted octanol–water partition coefficient (Wildman–Crippen LogP) is 5.25. The first-order chi connectivity index (χ1) is 16.2. The summed E-state index contributed by atoms with van der Waals surface area (Å²) in [4.78, 5) is 11.8. The first-order valence-corrected chi connectivity index (χ1v) is 12.1. The zero-order chi connectivity index (χ0) is 24.7. The molecule has 6 heteroatoms. The van der Waals surface area contributed by atoms with Gasteiger partial charge in [-0.05, 0) is 73.6 Å². The summed E-state index contributed by atoms with van der Waals surface area (Å²) in [6.45, 7) is 5.74. The highest BCUT2D eigenvalue weighted by Crippen LogP contribution is 2.38. The fourth-order valence-corrected chi connectivity index (χ4v) is 4.92. The third kappa shape index (κ3) is 6.73. The van der Waals surface area contributed by atoms with E-state index in [1.165, 1.54) is 42.2 Å². The number of carbonyl (C=O) groups excluding carboxylic acids is 1. The van der Waals surface area contributed by atoms with E-state index in [-0.39, 0.29) is 24.4 Å². The average Bonchev–Trinajstić information content (AvgIpc) is 2.81. The van der Waals surface area contributed by atoms with Gasteiger partial charge in [-0.3, -0.25) is 4.79 Å². The Balaban J connectivity index is 1.80. The Hall–Kier alpha value is -2.57. The summed E-state index contributed by atoms with van der Waals surface area (Å²) in [5.41, 5.74) is 3.70. The molecule has 3 N–H and O–H groups in total. The van der Waals surface area contributed by atoms with Crippen LogP contribution in [0.25, 0.3) is 5.57 Å². The summed E-state index contributed by atoms with van der Waals surface area (Å²) in [5.74, 6) is -1.66. The molecule has 1 fully saturated rings. The second kappa shape index (κ2) is 11.7. The molecule has 0 spiro atoms. The molecule has 2 aromatic carbocycles. The van der Waals surface area contributed by atoms with Crippen molar-refractivity contribution in [3.05, 3.63) is 76.9 Å². The Labute approximate surface area is 201 Å². The number of benzene rings is 2. The Bertz CT molecular complexity index is 995. The zero-order valence-corrected chi connectivity index (χ0v) is 20.3. The lowest BCUT2D eigenvalue weighted by Crippen LogP contribution is -2.53. The van der Waals surface area contributed by atoms with Crippen molar-refractivity contribution < 1.29 is 18.7 Å². The number of allylic oxidation sites excluding steroid dienone is 2. The molecule has 0 bridgehead atoms. The molecule has 34 heavy (non-hydrogen) atoms.